The van der Waals surface area contributed by atoms with Crippen LogP contribution in [0.5, 0.6) is 28.7 Å². The van der Waals surface area contributed by atoms with Crippen molar-refractivity contribution in [1.29, 1.82) is 0 Å². The highest BCUT2D eigenvalue weighted by atomic mass is 16.6. The fourth-order valence-electron chi connectivity index (χ4n) is 2.79. The molecule has 2 rings (SSSR count). The van der Waals surface area contributed by atoms with Crippen molar-refractivity contribution in [2.24, 2.45) is 0 Å². The zero-order chi connectivity index (χ0) is 21.6. The van der Waals surface area contributed by atoms with Crippen LogP contribution >= 0.6 is 0 Å². The molecule has 0 spiro atoms. The van der Waals surface area contributed by atoms with E-state index in [2.05, 4.69) is 5.32 Å². The molecule has 1 N–H and O–H groups in total. The second kappa shape index (κ2) is 9.49. The number of nitro benzene ring substituents is 1. The minimum absolute atomic E-state index is 0.0210. The van der Waals surface area contributed by atoms with Gasteiger partial charge in [0.25, 0.3) is 5.91 Å². The van der Waals surface area contributed by atoms with Crippen molar-refractivity contribution in [3.05, 3.63) is 45.5 Å². The predicted molar refractivity (Wildman–Crippen MR) is 103 cm³/mol. The van der Waals surface area contributed by atoms with Gasteiger partial charge in [0, 0.05) is 18.2 Å². The Hall–Kier alpha value is -3.69. The normalized spacial score (nSPS) is 10.1. The number of carbonyl (C=O) groups is 1. The third kappa shape index (κ3) is 4.42. The first-order valence-corrected chi connectivity index (χ1v) is 8.38. The summed E-state index contributed by atoms with van der Waals surface area (Å²) in [6.45, 7) is 0.0486. The first-order valence-electron chi connectivity index (χ1n) is 8.38. The number of carbonyl (C=O) groups excluding carboxylic acids is 1. The van der Waals surface area contributed by atoms with Crippen LogP contribution in [0.1, 0.15) is 15.9 Å². The average molecular weight is 406 g/mol. The molecule has 0 aliphatic rings. The number of nitrogens with one attached hydrogen (secondary N) is 1. The standard InChI is InChI=1S/C19H22N2O8/c1-25-12-6-7-14(26-2)11(8-12)10-20-19(22)13-9-15(27-3)17(28-4)18(29-5)16(13)21(23)24/h6-9H,10H2,1-5H3,(H,20,22). The number of rotatable bonds is 9. The first-order chi connectivity index (χ1) is 13.9. The number of hydrogen-bond donors (Lipinski definition) is 1. The molecule has 0 unspecified atom stereocenters. The van der Waals surface area contributed by atoms with Crippen LogP contribution in [0.25, 0.3) is 0 Å². The summed E-state index contributed by atoms with van der Waals surface area (Å²) in [5.74, 6) is 0.355. The van der Waals surface area contributed by atoms with Gasteiger partial charge in [-0.05, 0) is 18.2 Å². The number of amides is 1. The molecule has 1 amide bonds. The molecule has 0 aromatic heterocycles. The summed E-state index contributed by atoms with van der Waals surface area (Å²) >= 11 is 0. The Balaban J connectivity index is 2.44. The maximum atomic E-state index is 12.8. The molecule has 0 saturated carbocycles. The molecule has 0 atom stereocenters. The highest BCUT2D eigenvalue weighted by Crippen LogP contribution is 2.46. The second-order valence-electron chi connectivity index (χ2n) is 5.66. The topological polar surface area (TPSA) is 118 Å². The van der Waals surface area contributed by atoms with E-state index in [9.17, 15) is 14.9 Å². The summed E-state index contributed by atoms with van der Waals surface area (Å²) in [5.41, 5.74) is -0.123. The highest BCUT2D eigenvalue weighted by Gasteiger charge is 2.32. The van der Waals surface area contributed by atoms with E-state index in [0.717, 1.165) is 0 Å². The first kappa shape index (κ1) is 21.6. The molecule has 0 radical (unpaired) electrons. The second-order valence-corrected chi connectivity index (χ2v) is 5.66. The summed E-state index contributed by atoms with van der Waals surface area (Å²) in [5, 5.41) is 14.3. The summed E-state index contributed by atoms with van der Waals surface area (Å²) in [6.07, 6.45) is 0. The van der Waals surface area contributed by atoms with E-state index in [1.165, 1.54) is 41.6 Å². The summed E-state index contributed by atoms with van der Waals surface area (Å²) in [6, 6.07) is 6.34. The number of methoxy groups -OCH3 is 5. The molecule has 0 saturated heterocycles. The van der Waals surface area contributed by atoms with Gasteiger partial charge in [0.05, 0.1) is 40.5 Å². The monoisotopic (exact) mass is 406 g/mol. The van der Waals surface area contributed by atoms with E-state index in [1.807, 2.05) is 0 Å². The van der Waals surface area contributed by atoms with Crippen molar-refractivity contribution in [2.45, 2.75) is 6.54 Å². The third-order valence-corrected chi connectivity index (χ3v) is 4.16. The summed E-state index contributed by atoms with van der Waals surface area (Å²) < 4.78 is 25.9. The molecule has 156 valence electrons. The van der Waals surface area contributed by atoms with Crippen LogP contribution in [-0.4, -0.2) is 46.4 Å². The molecule has 0 bridgehead atoms. The lowest BCUT2D eigenvalue weighted by Crippen LogP contribution is -2.24. The lowest BCUT2D eigenvalue weighted by Gasteiger charge is -2.15. The zero-order valence-corrected chi connectivity index (χ0v) is 16.7. The number of nitrogens with zero attached hydrogens (tertiary/aromatic N) is 1. The highest BCUT2D eigenvalue weighted by molar-refractivity contribution is 6.00. The van der Waals surface area contributed by atoms with Crippen LogP contribution in [-0.2, 0) is 6.54 Å². The van der Waals surface area contributed by atoms with E-state index in [4.69, 9.17) is 23.7 Å². The fraction of sp³-hybridized carbons (Fsp3) is 0.316. The van der Waals surface area contributed by atoms with Crippen molar-refractivity contribution in [3.63, 3.8) is 0 Å². The smallest absolute Gasteiger partial charge is 0.327 e. The molecule has 10 heteroatoms. The van der Waals surface area contributed by atoms with Crippen molar-refractivity contribution in [2.75, 3.05) is 35.5 Å². The summed E-state index contributed by atoms with van der Waals surface area (Å²) in [7, 11) is 6.93. The van der Waals surface area contributed by atoms with Crippen LogP contribution in [0.15, 0.2) is 24.3 Å². The minimum Gasteiger partial charge on any atom is -0.497 e. The quantitative estimate of drug-likeness (QED) is 0.499. The molecule has 0 aliphatic heterocycles. The lowest BCUT2D eigenvalue weighted by molar-refractivity contribution is -0.386. The van der Waals surface area contributed by atoms with Crippen LogP contribution in [0.4, 0.5) is 5.69 Å². The van der Waals surface area contributed by atoms with Gasteiger partial charge >= 0.3 is 5.69 Å². The predicted octanol–water partition coefficient (Wildman–Crippen LogP) is 2.57. The van der Waals surface area contributed by atoms with Gasteiger partial charge in [-0.15, -0.1) is 0 Å². The Morgan fingerprint density at radius 3 is 2.10 bits per heavy atom. The number of benzene rings is 2. The molecule has 2 aromatic rings. The minimum atomic E-state index is -0.707. The SMILES string of the molecule is COc1ccc(OC)c(CNC(=O)c2cc(OC)c(OC)c(OC)c2[N+](=O)[O-])c1. The fourth-order valence-corrected chi connectivity index (χ4v) is 2.79. The van der Waals surface area contributed by atoms with E-state index >= 15 is 0 Å². The van der Waals surface area contributed by atoms with Gasteiger partial charge in [0.15, 0.2) is 5.75 Å². The average Bonchev–Trinajstić information content (AvgIpc) is 2.75. The van der Waals surface area contributed by atoms with Crippen molar-refractivity contribution in [1.82, 2.24) is 5.32 Å². The molecule has 29 heavy (non-hydrogen) atoms. The lowest BCUT2D eigenvalue weighted by atomic mass is 10.1. The van der Waals surface area contributed by atoms with Crippen molar-refractivity contribution >= 4 is 11.6 Å². The molecule has 0 heterocycles. The van der Waals surface area contributed by atoms with E-state index in [0.29, 0.717) is 17.1 Å². The molecular weight excluding hydrogens is 384 g/mol. The van der Waals surface area contributed by atoms with Crippen molar-refractivity contribution < 1.29 is 33.4 Å². The van der Waals surface area contributed by atoms with E-state index in [-0.39, 0.29) is 29.4 Å². The van der Waals surface area contributed by atoms with Crippen LogP contribution in [0.3, 0.4) is 0 Å². The van der Waals surface area contributed by atoms with E-state index < -0.39 is 16.5 Å². The van der Waals surface area contributed by atoms with Gasteiger partial charge in [0.1, 0.15) is 17.1 Å². The molecular formula is C19H22N2O8. The van der Waals surface area contributed by atoms with Crippen molar-refractivity contribution in [3.8, 4) is 28.7 Å². The zero-order valence-electron chi connectivity index (χ0n) is 16.7. The van der Waals surface area contributed by atoms with Crippen LogP contribution in [0.2, 0.25) is 0 Å². The van der Waals surface area contributed by atoms with E-state index in [1.54, 1.807) is 18.2 Å². The Morgan fingerprint density at radius 2 is 1.59 bits per heavy atom. The molecule has 0 fully saturated rings. The van der Waals surface area contributed by atoms with Gasteiger partial charge in [-0.3, -0.25) is 14.9 Å². The Labute approximate surface area is 167 Å². The summed E-state index contributed by atoms with van der Waals surface area (Å²) in [4.78, 5) is 23.7. The molecule has 10 nitrogen and oxygen atoms in total. The maximum Gasteiger partial charge on any atom is 0.327 e. The van der Waals surface area contributed by atoms with Gasteiger partial charge in [-0.25, -0.2) is 0 Å². The molecule has 2 aromatic carbocycles. The maximum absolute atomic E-state index is 12.8. The van der Waals surface area contributed by atoms with Gasteiger partial charge < -0.3 is 29.0 Å². The Morgan fingerprint density at radius 1 is 0.931 bits per heavy atom. The van der Waals surface area contributed by atoms with Gasteiger partial charge in [-0.1, -0.05) is 0 Å². The third-order valence-electron chi connectivity index (χ3n) is 4.16. The Kier molecular flexibility index (Phi) is 7.07. The molecule has 0 aliphatic carbocycles. The number of nitro groups is 1. The largest absolute Gasteiger partial charge is 0.497 e. The number of hydrogen-bond acceptors (Lipinski definition) is 8. The van der Waals surface area contributed by atoms with Crippen LogP contribution in [0, 0.1) is 10.1 Å². The van der Waals surface area contributed by atoms with Gasteiger partial charge in [-0.2, -0.15) is 0 Å². The Bertz CT molecular complexity index is 914. The van der Waals surface area contributed by atoms with Gasteiger partial charge in [0.2, 0.25) is 11.5 Å². The van der Waals surface area contributed by atoms with Crippen LogP contribution < -0.4 is 29.0 Å². The number of ether oxygens (including phenoxy) is 5.